The highest BCUT2D eigenvalue weighted by Crippen LogP contribution is 1.83. The van der Waals surface area contributed by atoms with E-state index in [1.807, 2.05) is 0 Å². The van der Waals surface area contributed by atoms with Gasteiger partial charge in [0.1, 0.15) is 19.3 Å². The molecule has 0 aromatic carbocycles. The second-order valence-corrected chi connectivity index (χ2v) is 2.02. The zero-order valence-corrected chi connectivity index (χ0v) is 6.40. The molecule has 0 spiro atoms. The minimum absolute atomic E-state index is 0.234. The van der Waals surface area contributed by atoms with Crippen LogP contribution in [0.25, 0.3) is 0 Å². The number of amides is 1. The number of carbonyl (C=O) groups is 2. The van der Waals surface area contributed by atoms with Gasteiger partial charge in [0.25, 0.3) is 0 Å². The Hall–Kier alpha value is -1.14. The summed E-state index contributed by atoms with van der Waals surface area (Å²) in [5.74, 6) is -0.658. The van der Waals surface area contributed by atoms with Crippen LogP contribution in [-0.4, -0.2) is 48.5 Å². The molecule has 0 aliphatic heterocycles. The van der Waals surface area contributed by atoms with Gasteiger partial charge in [-0.15, -0.1) is 0 Å². The minimum atomic E-state index is -1.06. The lowest BCUT2D eigenvalue weighted by atomic mass is 10.4. The molecular weight excluding hydrogens is 166 g/mol. The van der Waals surface area contributed by atoms with Crippen LogP contribution in [0.1, 0.15) is 0 Å². The van der Waals surface area contributed by atoms with Crippen molar-refractivity contribution < 1.29 is 24.5 Å². The fourth-order valence-corrected chi connectivity index (χ4v) is 0.418. The molecule has 1 atom stereocenters. The highest BCUT2D eigenvalue weighted by atomic mass is 16.5. The maximum absolute atomic E-state index is 10.6. The van der Waals surface area contributed by atoms with E-state index < -0.39 is 18.7 Å². The number of esters is 1. The van der Waals surface area contributed by atoms with Crippen molar-refractivity contribution in [1.29, 1.82) is 0 Å². The Bertz CT molecular complexity index is 149. The molecule has 1 unspecified atom stereocenters. The monoisotopic (exact) mass is 177 g/mol. The number of aliphatic hydroxyl groups is 2. The highest BCUT2D eigenvalue weighted by Gasteiger charge is 2.06. The Morgan fingerprint density at radius 3 is 2.83 bits per heavy atom. The van der Waals surface area contributed by atoms with Crippen LogP contribution in [0, 0.1) is 0 Å². The smallest absolute Gasteiger partial charge is 0.325 e. The van der Waals surface area contributed by atoms with E-state index in [0.717, 1.165) is 0 Å². The van der Waals surface area contributed by atoms with E-state index >= 15 is 0 Å². The van der Waals surface area contributed by atoms with Gasteiger partial charge in [-0.3, -0.25) is 9.59 Å². The predicted octanol–water partition coefficient (Wildman–Crippen LogP) is -2.37. The van der Waals surface area contributed by atoms with Gasteiger partial charge in [-0.05, 0) is 0 Å². The fraction of sp³-hybridized carbons (Fsp3) is 0.667. The first-order chi connectivity index (χ1) is 5.70. The van der Waals surface area contributed by atoms with Gasteiger partial charge < -0.3 is 20.3 Å². The molecule has 0 aliphatic rings. The third-order valence-electron chi connectivity index (χ3n) is 0.977. The standard InChI is InChI=1S/C6H11NO5/c8-2-5(10)3-12-6(11)1-7-4-9/h4-5,8,10H,1-3H2,(H,7,9). The average molecular weight is 177 g/mol. The molecule has 0 saturated carbocycles. The van der Waals surface area contributed by atoms with Crippen molar-refractivity contribution in [2.24, 2.45) is 0 Å². The molecule has 1 amide bonds. The van der Waals surface area contributed by atoms with Gasteiger partial charge in [0.2, 0.25) is 6.41 Å². The molecule has 6 nitrogen and oxygen atoms in total. The lowest BCUT2D eigenvalue weighted by molar-refractivity contribution is -0.146. The fourth-order valence-electron chi connectivity index (χ4n) is 0.418. The second kappa shape index (κ2) is 6.56. The van der Waals surface area contributed by atoms with Crippen LogP contribution in [0.15, 0.2) is 0 Å². The summed E-state index contributed by atoms with van der Waals surface area (Å²) in [6.45, 7) is -0.966. The summed E-state index contributed by atoms with van der Waals surface area (Å²) in [6, 6.07) is 0. The Balaban J connectivity index is 3.36. The molecule has 0 aromatic heterocycles. The Morgan fingerprint density at radius 2 is 2.33 bits per heavy atom. The number of aliphatic hydroxyl groups excluding tert-OH is 2. The number of hydrogen-bond donors (Lipinski definition) is 3. The molecule has 0 fully saturated rings. The third kappa shape index (κ3) is 5.63. The molecule has 0 aromatic rings. The lowest BCUT2D eigenvalue weighted by Gasteiger charge is -2.07. The molecule has 0 saturated heterocycles. The zero-order chi connectivity index (χ0) is 9.40. The van der Waals surface area contributed by atoms with Crippen LogP contribution >= 0.6 is 0 Å². The van der Waals surface area contributed by atoms with E-state index in [0.29, 0.717) is 6.41 Å². The van der Waals surface area contributed by atoms with Crippen molar-refractivity contribution in [3.8, 4) is 0 Å². The summed E-state index contributed by atoms with van der Waals surface area (Å²) in [7, 11) is 0. The average Bonchev–Trinajstić information content (AvgIpc) is 2.10. The van der Waals surface area contributed by atoms with E-state index in [1.54, 1.807) is 0 Å². The Morgan fingerprint density at radius 1 is 1.67 bits per heavy atom. The van der Waals surface area contributed by atoms with Crippen LogP contribution in [-0.2, 0) is 14.3 Å². The lowest BCUT2D eigenvalue weighted by Crippen LogP contribution is -2.28. The van der Waals surface area contributed by atoms with Crippen molar-refractivity contribution in [3.63, 3.8) is 0 Å². The van der Waals surface area contributed by atoms with E-state index in [-0.39, 0.29) is 13.2 Å². The summed E-state index contributed by atoms with van der Waals surface area (Å²) in [4.78, 5) is 20.3. The molecule has 12 heavy (non-hydrogen) atoms. The molecule has 3 N–H and O–H groups in total. The number of rotatable bonds is 6. The second-order valence-electron chi connectivity index (χ2n) is 2.02. The van der Waals surface area contributed by atoms with Crippen LogP contribution in [0.2, 0.25) is 0 Å². The van der Waals surface area contributed by atoms with E-state index in [1.165, 1.54) is 0 Å². The number of ether oxygens (including phenoxy) is 1. The molecule has 0 radical (unpaired) electrons. The van der Waals surface area contributed by atoms with Gasteiger partial charge in [0.15, 0.2) is 0 Å². The maximum atomic E-state index is 10.6. The summed E-state index contributed by atoms with van der Waals surface area (Å²) in [5, 5.41) is 19.1. The first kappa shape index (κ1) is 10.9. The molecule has 0 aliphatic carbocycles. The summed E-state index contributed by atoms with van der Waals surface area (Å²) >= 11 is 0. The SMILES string of the molecule is O=CNCC(=O)OCC(O)CO. The first-order valence-electron chi connectivity index (χ1n) is 3.32. The summed E-state index contributed by atoms with van der Waals surface area (Å²) in [5.41, 5.74) is 0. The van der Waals surface area contributed by atoms with E-state index in [9.17, 15) is 9.59 Å². The first-order valence-corrected chi connectivity index (χ1v) is 3.32. The largest absolute Gasteiger partial charge is 0.462 e. The van der Waals surface area contributed by atoms with Crippen LogP contribution in [0.5, 0.6) is 0 Å². The topological polar surface area (TPSA) is 95.9 Å². The van der Waals surface area contributed by atoms with Gasteiger partial charge in [-0.1, -0.05) is 0 Å². The normalized spacial score (nSPS) is 11.8. The predicted molar refractivity (Wildman–Crippen MR) is 38.1 cm³/mol. The van der Waals surface area contributed by atoms with Crippen molar-refractivity contribution in [3.05, 3.63) is 0 Å². The number of carbonyl (C=O) groups excluding carboxylic acids is 2. The van der Waals surface area contributed by atoms with Crippen molar-refractivity contribution in [2.75, 3.05) is 19.8 Å². The van der Waals surface area contributed by atoms with E-state index in [2.05, 4.69) is 10.1 Å². The number of nitrogens with one attached hydrogen (secondary N) is 1. The van der Waals surface area contributed by atoms with Crippen molar-refractivity contribution in [1.82, 2.24) is 5.32 Å². The van der Waals surface area contributed by atoms with Gasteiger partial charge in [-0.2, -0.15) is 0 Å². The van der Waals surface area contributed by atoms with E-state index in [4.69, 9.17) is 10.2 Å². The molecular formula is C6H11NO5. The number of hydrogen-bond acceptors (Lipinski definition) is 5. The van der Waals surface area contributed by atoms with Crippen molar-refractivity contribution in [2.45, 2.75) is 6.10 Å². The zero-order valence-electron chi connectivity index (χ0n) is 6.40. The van der Waals surface area contributed by atoms with Crippen LogP contribution in [0.3, 0.4) is 0 Å². The van der Waals surface area contributed by atoms with Crippen LogP contribution < -0.4 is 5.32 Å². The maximum Gasteiger partial charge on any atom is 0.325 e. The minimum Gasteiger partial charge on any atom is -0.462 e. The molecule has 0 heterocycles. The summed E-state index contributed by atoms with van der Waals surface area (Å²) in [6.07, 6.45) is -0.700. The summed E-state index contributed by atoms with van der Waals surface area (Å²) < 4.78 is 4.43. The third-order valence-corrected chi connectivity index (χ3v) is 0.977. The van der Waals surface area contributed by atoms with Gasteiger partial charge >= 0.3 is 5.97 Å². The molecule has 0 rings (SSSR count). The van der Waals surface area contributed by atoms with Gasteiger partial charge in [0.05, 0.1) is 6.61 Å². The van der Waals surface area contributed by atoms with Crippen LogP contribution in [0.4, 0.5) is 0 Å². The highest BCUT2D eigenvalue weighted by molar-refractivity contribution is 5.73. The van der Waals surface area contributed by atoms with Gasteiger partial charge in [0, 0.05) is 0 Å². The Kier molecular flexibility index (Phi) is 5.94. The quantitative estimate of drug-likeness (QED) is 0.311. The molecule has 70 valence electrons. The molecule has 6 heteroatoms. The van der Waals surface area contributed by atoms with Gasteiger partial charge in [-0.25, -0.2) is 0 Å². The molecule has 0 bridgehead atoms. The van der Waals surface area contributed by atoms with Crippen molar-refractivity contribution >= 4 is 12.4 Å². The Labute approximate surface area is 69.1 Å².